The molecule has 0 amide bonds. The molecule has 66 valence electrons. The Bertz CT molecular complexity index is 261. The Morgan fingerprint density at radius 2 is 2.17 bits per heavy atom. The Morgan fingerprint density at radius 3 is 2.67 bits per heavy atom. The summed E-state index contributed by atoms with van der Waals surface area (Å²) in [4.78, 5) is 0. The number of rotatable bonds is 2. The summed E-state index contributed by atoms with van der Waals surface area (Å²) in [6.45, 7) is -0.0861. The van der Waals surface area contributed by atoms with E-state index >= 15 is 0 Å². The van der Waals surface area contributed by atoms with Crippen LogP contribution in [0.3, 0.4) is 0 Å². The SMILES string of the molecule is COc1cc(CO)c(Br)cc1O. The molecule has 1 aromatic rings. The van der Waals surface area contributed by atoms with Crippen LogP contribution in [0.2, 0.25) is 0 Å². The molecule has 1 aromatic carbocycles. The number of ether oxygens (including phenoxy) is 1. The third-order valence-corrected chi connectivity index (χ3v) is 2.26. The lowest BCUT2D eigenvalue weighted by Crippen LogP contribution is -1.89. The normalized spacial score (nSPS) is 9.92. The van der Waals surface area contributed by atoms with Crippen LogP contribution in [-0.4, -0.2) is 17.3 Å². The van der Waals surface area contributed by atoms with Gasteiger partial charge < -0.3 is 14.9 Å². The molecule has 0 radical (unpaired) electrons. The highest BCUT2D eigenvalue weighted by atomic mass is 79.9. The van der Waals surface area contributed by atoms with Crippen molar-refractivity contribution in [1.82, 2.24) is 0 Å². The van der Waals surface area contributed by atoms with Gasteiger partial charge in [0.25, 0.3) is 0 Å². The summed E-state index contributed by atoms with van der Waals surface area (Å²) in [5.74, 6) is 0.420. The number of hydrogen-bond acceptors (Lipinski definition) is 3. The molecule has 0 saturated heterocycles. The summed E-state index contributed by atoms with van der Waals surface area (Å²) in [6, 6.07) is 3.07. The minimum absolute atomic E-state index is 0.0570. The third kappa shape index (κ3) is 1.70. The van der Waals surface area contributed by atoms with Crippen molar-refractivity contribution in [3.8, 4) is 11.5 Å². The number of phenols is 1. The second-order valence-corrected chi connectivity index (χ2v) is 3.13. The van der Waals surface area contributed by atoms with Gasteiger partial charge in [-0.2, -0.15) is 0 Å². The zero-order valence-electron chi connectivity index (χ0n) is 6.54. The predicted octanol–water partition coefficient (Wildman–Crippen LogP) is 1.66. The first-order valence-electron chi connectivity index (χ1n) is 3.35. The monoisotopic (exact) mass is 232 g/mol. The minimum Gasteiger partial charge on any atom is -0.504 e. The molecule has 0 aliphatic carbocycles. The first-order chi connectivity index (χ1) is 5.69. The maximum absolute atomic E-state index is 9.27. The summed E-state index contributed by atoms with van der Waals surface area (Å²) >= 11 is 3.20. The summed E-state index contributed by atoms with van der Waals surface area (Å²) in [6.07, 6.45) is 0. The van der Waals surface area contributed by atoms with Crippen LogP contribution in [0.25, 0.3) is 0 Å². The van der Waals surface area contributed by atoms with Crippen molar-refractivity contribution >= 4 is 15.9 Å². The van der Waals surface area contributed by atoms with Crippen molar-refractivity contribution in [2.24, 2.45) is 0 Å². The number of benzene rings is 1. The average molecular weight is 233 g/mol. The van der Waals surface area contributed by atoms with E-state index in [1.54, 1.807) is 6.07 Å². The molecule has 0 bridgehead atoms. The van der Waals surface area contributed by atoms with Crippen molar-refractivity contribution in [1.29, 1.82) is 0 Å². The third-order valence-electron chi connectivity index (χ3n) is 1.52. The van der Waals surface area contributed by atoms with Gasteiger partial charge in [-0.3, -0.25) is 0 Å². The Labute approximate surface area is 78.7 Å². The molecule has 0 saturated carbocycles. The quantitative estimate of drug-likeness (QED) is 0.816. The van der Waals surface area contributed by atoms with Gasteiger partial charge in [0.1, 0.15) is 0 Å². The van der Waals surface area contributed by atoms with Gasteiger partial charge in [0, 0.05) is 4.47 Å². The molecule has 2 N–H and O–H groups in total. The summed E-state index contributed by atoms with van der Waals surface area (Å²) in [5.41, 5.74) is 0.685. The fraction of sp³-hybridized carbons (Fsp3) is 0.250. The molecule has 0 spiro atoms. The molecule has 0 aliphatic rings. The molecule has 0 aliphatic heterocycles. The maximum Gasteiger partial charge on any atom is 0.160 e. The molecule has 12 heavy (non-hydrogen) atoms. The van der Waals surface area contributed by atoms with E-state index in [4.69, 9.17) is 9.84 Å². The Morgan fingerprint density at radius 1 is 1.50 bits per heavy atom. The lowest BCUT2D eigenvalue weighted by atomic mass is 10.2. The molecule has 0 aromatic heterocycles. The number of methoxy groups -OCH3 is 1. The first-order valence-corrected chi connectivity index (χ1v) is 4.14. The highest BCUT2D eigenvalue weighted by Crippen LogP contribution is 2.32. The van der Waals surface area contributed by atoms with Crippen LogP contribution >= 0.6 is 15.9 Å². The minimum atomic E-state index is -0.0861. The Hall–Kier alpha value is -0.740. The summed E-state index contributed by atoms with van der Waals surface area (Å²) < 4.78 is 5.53. The molecule has 0 unspecified atom stereocenters. The van der Waals surface area contributed by atoms with Crippen molar-refractivity contribution in [3.63, 3.8) is 0 Å². The number of halogens is 1. The van der Waals surface area contributed by atoms with E-state index in [0.717, 1.165) is 0 Å². The van der Waals surface area contributed by atoms with Gasteiger partial charge in [0.15, 0.2) is 11.5 Å². The second kappa shape index (κ2) is 3.78. The number of hydrogen-bond donors (Lipinski definition) is 2. The van der Waals surface area contributed by atoms with Crippen LogP contribution in [0.1, 0.15) is 5.56 Å². The molecular formula is C8H9BrO3. The smallest absolute Gasteiger partial charge is 0.160 e. The van der Waals surface area contributed by atoms with Gasteiger partial charge in [-0.15, -0.1) is 0 Å². The lowest BCUT2D eigenvalue weighted by molar-refractivity contribution is 0.279. The van der Waals surface area contributed by atoms with Gasteiger partial charge in [-0.05, 0) is 17.7 Å². The second-order valence-electron chi connectivity index (χ2n) is 2.27. The van der Waals surface area contributed by atoms with E-state index < -0.39 is 0 Å². The predicted molar refractivity (Wildman–Crippen MR) is 48.3 cm³/mol. The molecular weight excluding hydrogens is 224 g/mol. The van der Waals surface area contributed by atoms with Crippen molar-refractivity contribution in [2.45, 2.75) is 6.61 Å². The van der Waals surface area contributed by atoms with E-state index in [2.05, 4.69) is 15.9 Å². The van der Waals surface area contributed by atoms with Gasteiger partial charge in [0.05, 0.1) is 13.7 Å². The maximum atomic E-state index is 9.27. The van der Waals surface area contributed by atoms with Crippen LogP contribution < -0.4 is 4.74 Å². The standard InChI is InChI=1S/C8H9BrO3/c1-12-8-2-5(4-10)6(9)3-7(8)11/h2-3,10-11H,4H2,1H3. The van der Waals surface area contributed by atoms with Crippen LogP contribution in [0, 0.1) is 0 Å². The van der Waals surface area contributed by atoms with E-state index in [9.17, 15) is 5.11 Å². The first kappa shape index (κ1) is 9.35. The van der Waals surface area contributed by atoms with Crippen LogP contribution in [0.4, 0.5) is 0 Å². The molecule has 0 fully saturated rings. The average Bonchev–Trinajstić information content (AvgIpc) is 2.05. The molecule has 3 nitrogen and oxygen atoms in total. The highest BCUT2D eigenvalue weighted by molar-refractivity contribution is 9.10. The Kier molecular flexibility index (Phi) is 2.94. The molecule has 4 heteroatoms. The number of phenolic OH excluding ortho intramolecular Hbond substituents is 1. The molecule has 0 heterocycles. The number of aliphatic hydroxyl groups excluding tert-OH is 1. The lowest BCUT2D eigenvalue weighted by Gasteiger charge is -2.06. The fourth-order valence-corrected chi connectivity index (χ4v) is 1.33. The van der Waals surface area contributed by atoms with E-state index in [-0.39, 0.29) is 12.4 Å². The van der Waals surface area contributed by atoms with E-state index in [1.807, 2.05) is 0 Å². The zero-order valence-corrected chi connectivity index (χ0v) is 8.13. The van der Waals surface area contributed by atoms with Gasteiger partial charge in [0.2, 0.25) is 0 Å². The van der Waals surface area contributed by atoms with Crippen molar-refractivity contribution in [2.75, 3.05) is 7.11 Å². The van der Waals surface area contributed by atoms with Gasteiger partial charge in [-0.25, -0.2) is 0 Å². The zero-order chi connectivity index (χ0) is 9.14. The van der Waals surface area contributed by atoms with Crippen molar-refractivity contribution < 1.29 is 14.9 Å². The summed E-state index contributed by atoms with van der Waals surface area (Å²) in [7, 11) is 1.46. The summed E-state index contributed by atoms with van der Waals surface area (Å²) in [5, 5.41) is 18.1. The number of aromatic hydroxyl groups is 1. The van der Waals surface area contributed by atoms with Crippen LogP contribution in [-0.2, 0) is 6.61 Å². The topological polar surface area (TPSA) is 49.7 Å². The Balaban J connectivity index is 3.18. The van der Waals surface area contributed by atoms with Crippen LogP contribution in [0.5, 0.6) is 11.5 Å². The van der Waals surface area contributed by atoms with E-state index in [0.29, 0.717) is 15.8 Å². The fourth-order valence-electron chi connectivity index (χ4n) is 0.870. The van der Waals surface area contributed by atoms with Gasteiger partial charge >= 0.3 is 0 Å². The van der Waals surface area contributed by atoms with E-state index in [1.165, 1.54) is 13.2 Å². The number of aliphatic hydroxyl groups is 1. The van der Waals surface area contributed by atoms with Crippen LogP contribution in [0.15, 0.2) is 16.6 Å². The van der Waals surface area contributed by atoms with Crippen molar-refractivity contribution in [3.05, 3.63) is 22.2 Å². The molecule has 0 atom stereocenters. The highest BCUT2D eigenvalue weighted by Gasteiger charge is 2.06. The van der Waals surface area contributed by atoms with Gasteiger partial charge in [-0.1, -0.05) is 15.9 Å². The molecule has 1 rings (SSSR count). The largest absolute Gasteiger partial charge is 0.504 e.